The summed E-state index contributed by atoms with van der Waals surface area (Å²) in [5, 5.41) is 16.1. The molecule has 0 aromatic heterocycles. The predicted molar refractivity (Wildman–Crippen MR) is 45.9 cm³/mol. The number of hydrogen-bond acceptors (Lipinski definition) is 5. The van der Waals surface area contributed by atoms with Crippen molar-refractivity contribution in [3.8, 4) is 0 Å². The molecular weight excluding hydrogens is 168 g/mol. The second-order valence-corrected chi connectivity index (χ2v) is 4.04. The molecule has 0 aromatic carbocycles. The van der Waals surface area contributed by atoms with E-state index in [2.05, 4.69) is 20.5 Å². The molecule has 2 atom stereocenters. The summed E-state index contributed by atoms with van der Waals surface area (Å²) >= 11 is 0. The Kier molecular flexibility index (Phi) is 1.44. The van der Waals surface area contributed by atoms with E-state index in [-0.39, 0.29) is 11.8 Å². The molecule has 2 aliphatic rings. The van der Waals surface area contributed by atoms with Gasteiger partial charge in [0.2, 0.25) is 0 Å². The van der Waals surface area contributed by atoms with Crippen molar-refractivity contribution in [3.05, 3.63) is 0 Å². The summed E-state index contributed by atoms with van der Waals surface area (Å²) in [7, 11) is 0. The standard InChI is InChI=1S/C8H12N4O/c1-5(13)8-6(4-9-12-8)10-11-7(8,2)3/h6H,4H2,1-3H3/t6-,8+/m0/s1. The van der Waals surface area contributed by atoms with Crippen LogP contribution >= 0.6 is 0 Å². The maximum atomic E-state index is 11.6. The van der Waals surface area contributed by atoms with Crippen molar-refractivity contribution in [1.82, 2.24) is 0 Å². The van der Waals surface area contributed by atoms with Crippen LogP contribution in [-0.2, 0) is 4.79 Å². The van der Waals surface area contributed by atoms with Gasteiger partial charge in [-0.05, 0) is 20.8 Å². The molecule has 0 saturated heterocycles. The smallest absolute Gasteiger partial charge is 0.191 e. The number of hydrogen-bond donors (Lipinski definition) is 0. The summed E-state index contributed by atoms with van der Waals surface area (Å²) in [5.41, 5.74) is -1.35. The zero-order chi connectivity index (χ0) is 9.69. The maximum Gasteiger partial charge on any atom is 0.191 e. The Morgan fingerprint density at radius 1 is 1.38 bits per heavy atom. The van der Waals surface area contributed by atoms with Crippen molar-refractivity contribution in [2.45, 2.75) is 37.9 Å². The molecule has 13 heavy (non-hydrogen) atoms. The summed E-state index contributed by atoms with van der Waals surface area (Å²) in [6, 6.07) is -0.167. The number of rotatable bonds is 1. The van der Waals surface area contributed by atoms with Crippen LogP contribution in [0, 0.1) is 0 Å². The Bertz CT molecular complexity index is 320. The number of azo groups is 2. The van der Waals surface area contributed by atoms with Gasteiger partial charge in [0.05, 0.1) is 6.54 Å². The molecule has 0 N–H and O–H groups in total. The van der Waals surface area contributed by atoms with E-state index in [1.165, 1.54) is 6.92 Å². The van der Waals surface area contributed by atoms with Crippen LogP contribution in [0.3, 0.4) is 0 Å². The Balaban J connectivity index is 2.53. The first kappa shape index (κ1) is 8.47. The molecule has 0 unspecified atom stereocenters. The number of ketones is 1. The monoisotopic (exact) mass is 180 g/mol. The van der Waals surface area contributed by atoms with Gasteiger partial charge in [0, 0.05) is 0 Å². The average molecular weight is 180 g/mol. The highest BCUT2D eigenvalue weighted by molar-refractivity contribution is 5.90. The molecule has 0 amide bonds. The minimum Gasteiger partial charge on any atom is -0.297 e. The molecule has 2 heterocycles. The molecule has 0 radical (unpaired) electrons. The van der Waals surface area contributed by atoms with Crippen LogP contribution in [0.1, 0.15) is 20.8 Å². The number of carbonyl (C=O) groups excluding carboxylic acids is 1. The molecule has 0 saturated carbocycles. The lowest BCUT2D eigenvalue weighted by molar-refractivity contribution is -0.123. The van der Waals surface area contributed by atoms with E-state index < -0.39 is 11.1 Å². The summed E-state index contributed by atoms with van der Waals surface area (Å²) in [6.45, 7) is 5.78. The van der Waals surface area contributed by atoms with Gasteiger partial charge in [-0.3, -0.25) is 4.79 Å². The molecule has 0 fully saturated rings. The fourth-order valence-electron chi connectivity index (χ4n) is 2.10. The second kappa shape index (κ2) is 2.21. The van der Waals surface area contributed by atoms with Gasteiger partial charge < -0.3 is 0 Å². The van der Waals surface area contributed by atoms with Gasteiger partial charge in [0.1, 0.15) is 11.6 Å². The van der Waals surface area contributed by atoms with Crippen LogP contribution in [0.15, 0.2) is 20.5 Å². The van der Waals surface area contributed by atoms with Crippen LogP contribution in [-0.4, -0.2) is 29.4 Å². The van der Waals surface area contributed by atoms with Gasteiger partial charge in [0.25, 0.3) is 0 Å². The van der Waals surface area contributed by atoms with E-state index >= 15 is 0 Å². The lowest BCUT2D eigenvalue weighted by atomic mass is 9.74. The fraction of sp³-hybridized carbons (Fsp3) is 0.875. The molecule has 5 heteroatoms. The topological polar surface area (TPSA) is 66.5 Å². The van der Waals surface area contributed by atoms with E-state index in [0.29, 0.717) is 6.54 Å². The first-order valence-electron chi connectivity index (χ1n) is 4.32. The SMILES string of the molecule is CC(=O)[C@@]12N=NC[C@@H]1N=NC2(C)C. The summed E-state index contributed by atoms with van der Waals surface area (Å²) in [6.07, 6.45) is 0. The van der Waals surface area contributed by atoms with Crippen molar-refractivity contribution in [3.63, 3.8) is 0 Å². The van der Waals surface area contributed by atoms with Crippen molar-refractivity contribution in [2.24, 2.45) is 20.5 Å². The van der Waals surface area contributed by atoms with Gasteiger partial charge in [0.15, 0.2) is 11.3 Å². The minimum absolute atomic E-state index is 0.00810. The fourth-order valence-corrected chi connectivity index (χ4v) is 2.10. The van der Waals surface area contributed by atoms with Crippen LogP contribution < -0.4 is 0 Å². The van der Waals surface area contributed by atoms with E-state index in [9.17, 15) is 4.79 Å². The van der Waals surface area contributed by atoms with E-state index in [0.717, 1.165) is 0 Å². The number of fused-ring (bicyclic) bond motifs is 1. The molecule has 70 valence electrons. The number of carbonyl (C=O) groups is 1. The normalized spacial score (nSPS) is 39.5. The third-order valence-electron chi connectivity index (χ3n) is 2.88. The van der Waals surface area contributed by atoms with E-state index in [1.807, 2.05) is 13.8 Å². The van der Waals surface area contributed by atoms with Crippen molar-refractivity contribution in [2.75, 3.05) is 6.54 Å². The van der Waals surface area contributed by atoms with Crippen LogP contribution in [0.5, 0.6) is 0 Å². The molecule has 0 aromatic rings. The number of Topliss-reactive ketones (excluding diaryl/α,β-unsaturated/α-hetero) is 1. The van der Waals surface area contributed by atoms with Crippen LogP contribution in [0.25, 0.3) is 0 Å². The Labute approximate surface area is 76.3 Å². The zero-order valence-electron chi connectivity index (χ0n) is 7.98. The van der Waals surface area contributed by atoms with Gasteiger partial charge in [-0.15, -0.1) is 0 Å². The lowest BCUT2D eigenvalue weighted by Gasteiger charge is -2.30. The van der Waals surface area contributed by atoms with E-state index in [1.54, 1.807) is 0 Å². The van der Waals surface area contributed by atoms with Gasteiger partial charge in [-0.25, -0.2) is 0 Å². The highest BCUT2D eigenvalue weighted by Crippen LogP contribution is 2.44. The van der Waals surface area contributed by atoms with Crippen molar-refractivity contribution < 1.29 is 4.79 Å². The minimum atomic E-state index is -0.812. The van der Waals surface area contributed by atoms with Crippen molar-refractivity contribution in [1.29, 1.82) is 0 Å². The Morgan fingerprint density at radius 2 is 2.08 bits per heavy atom. The first-order chi connectivity index (χ1) is 6.01. The summed E-state index contributed by atoms with van der Waals surface area (Å²) < 4.78 is 0. The zero-order valence-corrected chi connectivity index (χ0v) is 7.98. The Morgan fingerprint density at radius 3 is 2.62 bits per heavy atom. The third kappa shape index (κ3) is 0.792. The third-order valence-corrected chi connectivity index (χ3v) is 2.88. The highest BCUT2D eigenvalue weighted by Gasteiger charge is 2.62. The largest absolute Gasteiger partial charge is 0.297 e. The average Bonchev–Trinajstić information content (AvgIpc) is 2.52. The second-order valence-electron chi connectivity index (χ2n) is 4.04. The lowest BCUT2D eigenvalue weighted by Crippen LogP contribution is -2.55. The van der Waals surface area contributed by atoms with Gasteiger partial charge >= 0.3 is 0 Å². The van der Waals surface area contributed by atoms with Crippen LogP contribution in [0.4, 0.5) is 0 Å². The molecule has 0 aliphatic carbocycles. The summed E-state index contributed by atoms with van der Waals surface area (Å²) in [4.78, 5) is 11.6. The molecule has 2 aliphatic heterocycles. The quantitative estimate of drug-likeness (QED) is 0.601. The highest BCUT2D eigenvalue weighted by atomic mass is 16.1. The molecule has 5 nitrogen and oxygen atoms in total. The van der Waals surface area contributed by atoms with E-state index in [4.69, 9.17) is 0 Å². The first-order valence-corrected chi connectivity index (χ1v) is 4.32. The van der Waals surface area contributed by atoms with Gasteiger partial charge in [-0.2, -0.15) is 20.5 Å². The maximum absolute atomic E-state index is 11.6. The molecule has 2 rings (SSSR count). The summed E-state index contributed by atoms with van der Waals surface area (Å²) in [5.74, 6) is 0.00810. The molecular formula is C8H12N4O. The molecule has 0 spiro atoms. The molecule has 0 bridgehead atoms. The van der Waals surface area contributed by atoms with Gasteiger partial charge in [-0.1, -0.05) is 0 Å². The van der Waals surface area contributed by atoms with Crippen molar-refractivity contribution >= 4 is 5.78 Å². The van der Waals surface area contributed by atoms with Crippen LogP contribution in [0.2, 0.25) is 0 Å². The number of nitrogens with zero attached hydrogens (tertiary/aromatic N) is 4. The predicted octanol–water partition coefficient (Wildman–Crippen LogP) is 1.39. The Hall–Kier alpha value is -1.13.